The molecule has 7 heteroatoms. The Bertz CT molecular complexity index is 531. The Morgan fingerprint density at radius 2 is 2.17 bits per heavy atom. The fourth-order valence-electron chi connectivity index (χ4n) is 1.33. The van der Waals surface area contributed by atoms with Crippen molar-refractivity contribution in [3.05, 3.63) is 28.2 Å². The number of nitrogens with one attached hydrogen (secondary N) is 1. The average molecular weight is 288 g/mol. The third-order valence-electron chi connectivity index (χ3n) is 2.19. The molecule has 1 aromatic heterocycles. The first-order valence-electron chi connectivity index (χ1n) is 5.23. The largest absolute Gasteiger partial charge is 0.403 e. The van der Waals surface area contributed by atoms with Crippen molar-refractivity contribution in [2.45, 2.75) is 0 Å². The van der Waals surface area contributed by atoms with Gasteiger partial charge in [0.25, 0.3) is 5.89 Å². The number of hydrogen-bond donors (Lipinski definition) is 1. The highest BCUT2D eigenvalue weighted by atomic mass is 35.5. The minimum Gasteiger partial charge on any atom is -0.403 e. The van der Waals surface area contributed by atoms with Crippen molar-refractivity contribution >= 4 is 29.2 Å². The molecule has 1 aromatic carbocycles. The maximum absolute atomic E-state index is 6.06. The number of methoxy groups -OCH3 is 1. The van der Waals surface area contributed by atoms with Gasteiger partial charge in [-0.25, -0.2) is 0 Å². The van der Waals surface area contributed by atoms with Crippen molar-refractivity contribution in [2.75, 3.05) is 25.6 Å². The molecule has 0 aliphatic carbocycles. The summed E-state index contributed by atoms with van der Waals surface area (Å²) in [4.78, 5) is 0. The second-order valence-corrected chi connectivity index (χ2v) is 4.22. The summed E-state index contributed by atoms with van der Waals surface area (Å²) in [5.74, 6) is 0.322. The second-order valence-electron chi connectivity index (χ2n) is 3.43. The van der Waals surface area contributed by atoms with Crippen molar-refractivity contribution in [3.8, 4) is 11.5 Å². The van der Waals surface area contributed by atoms with E-state index in [4.69, 9.17) is 32.4 Å². The van der Waals surface area contributed by atoms with Gasteiger partial charge in [-0.05, 0) is 12.1 Å². The van der Waals surface area contributed by atoms with Crippen molar-refractivity contribution in [2.24, 2.45) is 0 Å². The Labute approximate surface area is 114 Å². The van der Waals surface area contributed by atoms with E-state index in [0.717, 1.165) is 0 Å². The molecule has 0 spiro atoms. The number of ether oxygens (including phenoxy) is 1. The molecule has 0 aliphatic heterocycles. The van der Waals surface area contributed by atoms with Crippen LogP contribution in [0.5, 0.6) is 0 Å². The molecule has 1 heterocycles. The lowest BCUT2D eigenvalue weighted by Gasteiger charge is -2.01. The highest BCUT2D eigenvalue weighted by Crippen LogP contribution is 2.32. The van der Waals surface area contributed by atoms with Crippen LogP contribution in [0.3, 0.4) is 0 Å². The van der Waals surface area contributed by atoms with Crippen LogP contribution in [0, 0.1) is 0 Å². The van der Waals surface area contributed by atoms with Gasteiger partial charge in [0, 0.05) is 13.7 Å². The number of nitrogens with zero attached hydrogens (tertiary/aromatic N) is 2. The molecule has 0 saturated carbocycles. The number of rotatable bonds is 5. The molecular weight excluding hydrogens is 277 g/mol. The van der Waals surface area contributed by atoms with Crippen LogP contribution in [-0.2, 0) is 4.74 Å². The molecule has 0 bridgehead atoms. The Morgan fingerprint density at radius 3 is 2.94 bits per heavy atom. The maximum Gasteiger partial charge on any atom is 0.315 e. The summed E-state index contributed by atoms with van der Waals surface area (Å²) >= 11 is 12.0. The van der Waals surface area contributed by atoms with E-state index < -0.39 is 0 Å². The van der Waals surface area contributed by atoms with Crippen LogP contribution in [0.25, 0.3) is 11.5 Å². The Balaban J connectivity index is 2.16. The van der Waals surface area contributed by atoms with Crippen molar-refractivity contribution in [3.63, 3.8) is 0 Å². The molecule has 96 valence electrons. The quantitative estimate of drug-likeness (QED) is 0.857. The summed E-state index contributed by atoms with van der Waals surface area (Å²) in [7, 11) is 1.62. The van der Waals surface area contributed by atoms with E-state index in [2.05, 4.69) is 15.5 Å². The van der Waals surface area contributed by atoms with Gasteiger partial charge in [0.05, 0.1) is 22.2 Å². The zero-order chi connectivity index (χ0) is 13.0. The number of anilines is 1. The van der Waals surface area contributed by atoms with Crippen molar-refractivity contribution in [1.29, 1.82) is 0 Å². The van der Waals surface area contributed by atoms with Crippen molar-refractivity contribution < 1.29 is 9.15 Å². The summed E-state index contributed by atoms with van der Waals surface area (Å²) in [6.07, 6.45) is 0. The Morgan fingerprint density at radius 1 is 1.33 bits per heavy atom. The first-order chi connectivity index (χ1) is 8.72. The van der Waals surface area contributed by atoms with Crippen LogP contribution in [0.4, 0.5) is 6.01 Å². The molecule has 5 nitrogen and oxygen atoms in total. The van der Waals surface area contributed by atoms with Gasteiger partial charge >= 0.3 is 6.01 Å². The fourth-order valence-corrected chi connectivity index (χ4v) is 1.71. The standard InChI is InChI=1S/C11H11Cl2N3O2/c1-17-6-5-14-11-16-15-10(18-11)7-3-2-4-8(12)9(7)13/h2-4H,5-6H2,1H3,(H,14,16). The minimum atomic E-state index is 0.318. The summed E-state index contributed by atoms with van der Waals surface area (Å²) in [6.45, 7) is 1.14. The van der Waals surface area contributed by atoms with E-state index in [1.54, 1.807) is 25.3 Å². The predicted molar refractivity (Wildman–Crippen MR) is 70.1 cm³/mol. The third-order valence-corrected chi connectivity index (χ3v) is 3.01. The topological polar surface area (TPSA) is 60.2 Å². The molecular formula is C11H11Cl2N3O2. The van der Waals surface area contributed by atoms with E-state index >= 15 is 0 Å². The average Bonchev–Trinajstić information content (AvgIpc) is 2.82. The first kappa shape index (κ1) is 13.1. The van der Waals surface area contributed by atoms with Gasteiger partial charge in [-0.3, -0.25) is 0 Å². The van der Waals surface area contributed by atoms with Crippen LogP contribution >= 0.6 is 23.2 Å². The number of hydrogen-bond acceptors (Lipinski definition) is 5. The van der Waals surface area contributed by atoms with Crippen LogP contribution in [0.2, 0.25) is 10.0 Å². The molecule has 1 N–H and O–H groups in total. The molecule has 0 unspecified atom stereocenters. The van der Waals surface area contributed by atoms with E-state index in [-0.39, 0.29) is 0 Å². The van der Waals surface area contributed by atoms with E-state index in [9.17, 15) is 0 Å². The monoisotopic (exact) mass is 287 g/mol. The SMILES string of the molecule is COCCNc1nnc(-c2cccc(Cl)c2Cl)o1. The molecule has 2 aromatic rings. The predicted octanol–water partition coefficient (Wildman–Crippen LogP) is 3.10. The zero-order valence-corrected chi connectivity index (χ0v) is 11.1. The van der Waals surface area contributed by atoms with Gasteiger partial charge < -0.3 is 14.5 Å². The molecule has 0 amide bonds. The highest BCUT2D eigenvalue weighted by molar-refractivity contribution is 6.43. The Kier molecular flexibility index (Phi) is 4.41. The van der Waals surface area contributed by atoms with Crippen molar-refractivity contribution in [1.82, 2.24) is 10.2 Å². The Hall–Kier alpha value is -1.30. The summed E-state index contributed by atoms with van der Waals surface area (Å²) in [6, 6.07) is 5.55. The first-order valence-corrected chi connectivity index (χ1v) is 5.98. The van der Waals surface area contributed by atoms with Crippen LogP contribution in [0.1, 0.15) is 0 Å². The van der Waals surface area contributed by atoms with Crippen LogP contribution < -0.4 is 5.32 Å². The smallest absolute Gasteiger partial charge is 0.315 e. The van der Waals surface area contributed by atoms with Gasteiger partial charge in [0.2, 0.25) is 0 Å². The number of aromatic nitrogens is 2. The van der Waals surface area contributed by atoms with Gasteiger partial charge in [0.1, 0.15) is 0 Å². The van der Waals surface area contributed by atoms with Gasteiger partial charge in [0.15, 0.2) is 0 Å². The molecule has 0 aliphatic rings. The maximum atomic E-state index is 6.06. The summed E-state index contributed by atoms with van der Waals surface area (Å²) in [5.41, 5.74) is 0.608. The molecule has 0 saturated heterocycles. The lowest BCUT2D eigenvalue weighted by molar-refractivity contribution is 0.210. The second kappa shape index (κ2) is 6.04. The lowest BCUT2D eigenvalue weighted by atomic mass is 10.2. The van der Waals surface area contributed by atoms with Gasteiger partial charge in [-0.15, -0.1) is 5.10 Å². The third kappa shape index (κ3) is 2.93. The van der Waals surface area contributed by atoms with E-state index in [0.29, 0.717) is 40.7 Å². The zero-order valence-electron chi connectivity index (χ0n) is 9.61. The number of halogens is 2. The molecule has 0 fully saturated rings. The molecule has 0 radical (unpaired) electrons. The number of benzene rings is 1. The normalized spacial score (nSPS) is 10.6. The lowest BCUT2D eigenvalue weighted by Crippen LogP contribution is -2.07. The van der Waals surface area contributed by atoms with Crippen LogP contribution in [-0.4, -0.2) is 30.5 Å². The summed E-state index contributed by atoms with van der Waals surface area (Å²) < 4.78 is 10.3. The molecule has 0 atom stereocenters. The van der Waals surface area contributed by atoms with Crippen LogP contribution in [0.15, 0.2) is 22.6 Å². The summed E-state index contributed by atoms with van der Waals surface area (Å²) in [5, 5.41) is 11.5. The van der Waals surface area contributed by atoms with E-state index in [1.165, 1.54) is 0 Å². The molecule has 2 rings (SSSR count). The minimum absolute atomic E-state index is 0.318. The molecule has 18 heavy (non-hydrogen) atoms. The highest BCUT2D eigenvalue weighted by Gasteiger charge is 2.13. The fraction of sp³-hybridized carbons (Fsp3) is 0.273. The van der Waals surface area contributed by atoms with Gasteiger partial charge in [-0.1, -0.05) is 34.4 Å². The van der Waals surface area contributed by atoms with E-state index in [1.807, 2.05) is 0 Å². The van der Waals surface area contributed by atoms with Gasteiger partial charge in [-0.2, -0.15) is 0 Å².